The Morgan fingerprint density at radius 3 is 1.69 bits per heavy atom. The van der Waals surface area contributed by atoms with E-state index in [1.165, 1.54) is 35.3 Å². The van der Waals surface area contributed by atoms with Crippen LogP contribution in [0.3, 0.4) is 0 Å². The predicted octanol–water partition coefficient (Wildman–Crippen LogP) is 5.82. The van der Waals surface area contributed by atoms with Gasteiger partial charge in [0.05, 0.1) is 13.2 Å². The van der Waals surface area contributed by atoms with Crippen molar-refractivity contribution in [3.05, 3.63) is 118 Å². The Morgan fingerprint density at radius 1 is 0.776 bits per heavy atom. The van der Waals surface area contributed by atoms with Crippen LogP contribution in [0.4, 0.5) is 8.78 Å². The van der Waals surface area contributed by atoms with Gasteiger partial charge in [-0.3, -0.25) is 8.37 Å². The molecule has 0 bridgehead atoms. The second kappa shape index (κ2) is 16.1. The minimum atomic E-state index is -3.90. The van der Waals surface area contributed by atoms with Gasteiger partial charge in [-0.05, 0) is 85.1 Å². The minimum Gasteiger partial charge on any atom is -0.437 e. The SMILES string of the molecule is CB(O)N1[C@H](Cc2ccc(-c3cc(Cl)ccc3F)cc2)COS1(=O)=O.CB(O)N1[C@H](Cc2ccc(-c3cc(Cl)ccc3F)cc2)COS1=O. The first-order chi connectivity index (χ1) is 23.2. The van der Waals surface area contributed by atoms with Gasteiger partial charge in [0.15, 0.2) is 0 Å². The second-order valence-electron chi connectivity index (χ2n) is 11.6. The molecule has 3 atom stereocenters. The van der Waals surface area contributed by atoms with Crippen molar-refractivity contribution < 1.29 is 39.8 Å². The first-order valence-electron chi connectivity index (χ1n) is 15.2. The molecule has 1 unspecified atom stereocenters. The summed E-state index contributed by atoms with van der Waals surface area (Å²) in [6.07, 6.45) is 0.956. The van der Waals surface area contributed by atoms with Gasteiger partial charge in [0.2, 0.25) is 11.3 Å². The van der Waals surface area contributed by atoms with E-state index >= 15 is 0 Å². The molecule has 0 aromatic heterocycles. The molecule has 0 aliphatic carbocycles. The van der Waals surface area contributed by atoms with Crippen molar-refractivity contribution in [1.82, 2.24) is 8.43 Å². The largest absolute Gasteiger partial charge is 0.437 e. The van der Waals surface area contributed by atoms with Crippen molar-refractivity contribution in [1.29, 1.82) is 0 Å². The molecule has 0 amide bonds. The highest BCUT2D eigenvalue weighted by Crippen LogP contribution is 2.29. The molecule has 258 valence electrons. The summed E-state index contributed by atoms with van der Waals surface area (Å²) in [6, 6.07) is 22.7. The van der Waals surface area contributed by atoms with Crippen LogP contribution in [0.1, 0.15) is 11.1 Å². The van der Waals surface area contributed by atoms with E-state index in [1.807, 2.05) is 24.3 Å². The van der Waals surface area contributed by atoms with E-state index in [2.05, 4.69) is 0 Å². The molecule has 4 aromatic rings. The molecule has 6 rings (SSSR count). The molecule has 2 aliphatic heterocycles. The predicted molar refractivity (Wildman–Crippen MR) is 189 cm³/mol. The van der Waals surface area contributed by atoms with E-state index in [1.54, 1.807) is 43.2 Å². The zero-order chi connectivity index (χ0) is 35.5. The number of hydrogen-bond acceptors (Lipinski definition) is 7. The average molecular weight is 751 g/mol. The molecule has 49 heavy (non-hydrogen) atoms. The van der Waals surface area contributed by atoms with Crippen LogP contribution in [-0.2, 0) is 42.8 Å². The fourth-order valence-corrected chi connectivity index (χ4v) is 8.41. The lowest BCUT2D eigenvalue weighted by molar-refractivity contribution is 0.326. The molecule has 2 heterocycles. The van der Waals surface area contributed by atoms with Gasteiger partial charge in [0.1, 0.15) is 11.6 Å². The first kappa shape index (κ1) is 37.6. The molecule has 2 N–H and O–H groups in total. The summed E-state index contributed by atoms with van der Waals surface area (Å²) >= 11 is 10.2. The summed E-state index contributed by atoms with van der Waals surface area (Å²) in [5.74, 6) is -0.695. The van der Waals surface area contributed by atoms with Gasteiger partial charge < -0.3 is 10.0 Å². The highest BCUT2D eigenvalue weighted by Gasteiger charge is 2.43. The normalized spacial score (nSPS) is 20.5. The lowest BCUT2D eigenvalue weighted by Crippen LogP contribution is -2.45. The molecule has 9 nitrogen and oxygen atoms in total. The fourth-order valence-electron chi connectivity index (χ4n) is 5.72. The van der Waals surface area contributed by atoms with Gasteiger partial charge in [-0.1, -0.05) is 71.7 Å². The molecule has 2 saturated heterocycles. The van der Waals surface area contributed by atoms with Gasteiger partial charge in [0.25, 0.3) is 0 Å². The standard InChI is InChI=1S/C16H16BClFNO4S.C16H16BClFNO3S/c1-17(21)20-14(10-24-25(20,22)23)8-11-2-4-12(5-3-11)15-9-13(18)6-7-16(15)19;1-17(21)20-14(10-23-24(20)22)8-11-2-4-12(5-3-11)15-9-13(18)6-7-16(15)19/h2-7,9,14,21H,8,10H2,1H3;2-7,9,14,21H,8,10H2,1H3/t14-;14-,24?/m11/s1. The summed E-state index contributed by atoms with van der Waals surface area (Å²) in [6.45, 7) is 3.22. The van der Waals surface area contributed by atoms with Crippen molar-refractivity contribution in [2.24, 2.45) is 0 Å². The Hall–Kier alpha value is -2.69. The Morgan fingerprint density at radius 2 is 1.24 bits per heavy atom. The smallest absolute Gasteiger partial charge is 0.393 e. The number of halogens is 4. The third-order valence-corrected chi connectivity index (χ3v) is 11.3. The summed E-state index contributed by atoms with van der Waals surface area (Å²) in [7, 11) is -5.92. The monoisotopic (exact) mass is 750 g/mol. The maximum Gasteiger partial charge on any atom is 0.393 e. The quantitative estimate of drug-likeness (QED) is 0.218. The highest BCUT2D eigenvalue weighted by molar-refractivity contribution is 7.85. The van der Waals surface area contributed by atoms with Crippen molar-refractivity contribution in [2.75, 3.05) is 13.2 Å². The molecule has 2 fully saturated rings. The average Bonchev–Trinajstić information content (AvgIpc) is 3.57. The number of benzene rings is 4. The highest BCUT2D eigenvalue weighted by atomic mass is 35.5. The Balaban J connectivity index is 0.000000191. The minimum absolute atomic E-state index is 0.0160. The van der Waals surface area contributed by atoms with Crippen LogP contribution in [0, 0.1) is 11.6 Å². The van der Waals surface area contributed by atoms with Crippen molar-refractivity contribution in [3.8, 4) is 22.3 Å². The second-order valence-corrected chi connectivity index (χ2v) is 15.0. The van der Waals surface area contributed by atoms with E-state index in [0.717, 1.165) is 20.9 Å². The van der Waals surface area contributed by atoms with Gasteiger partial charge in [0, 0.05) is 33.3 Å². The third-order valence-electron chi connectivity index (χ3n) is 7.99. The van der Waals surface area contributed by atoms with E-state index < -0.39 is 41.7 Å². The van der Waals surface area contributed by atoms with Crippen LogP contribution in [0.2, 0.25) is 23.7 Å². The third kappa shape index (κ3) is 9.16. The van der Waals surface area contributed by atoms with Crippen molar-refractivity contribution in [2.45, 2.75) is 38.6 Å². The summed E-state index contributed by atoms with van der Waals surface area (Å²) < 4.78 is 75.5. The molecule has 17 heteroatoms. The van der Waals surface area contributed by atoms with Crippen LogP contribution >= 0.6 is 23.2 Å². The van der Waals surface area contributed by atoms with Gasteiger partial charge >= 0.3 is 24.4 Å². The zero-order valence-corrected chi connectivity index (χ0v) is 29.5. The Bertz CT molecular complexity index is 1910. The molecule has 0 spiro atoms. The van der Waals surface area contributed by atoms with E-state index in [9.17, 15) is 31.5 Å². The topological polar surface area (TPSA) is 117 Å². The Labute approximate surface area is 297 Å². The van der Waals surface area contributed by atoms with Crippen LogP contribution in [0.15, 0.2) is 84.9 Å². The van der Waals surface area contributed by atoms with Gasteiger partial charge in [-0.2, -0.15) is 12.6 Å². The fraction of sp³-hybridized carbons (Fsp3) is 0.250. The van der Waals surface area contributed by atoms with Gasteiger partial charge in [-0.15, -0.1) is 0 Å². The molecular weight excluding hydrogens is 719 g/mol. The molecule has 2 aliphatic rings. The van der Waals surface area contributed by atoms with Crippen molar-refractivity contribution >= 4 is 58.9 Å². The van der Waals surface area contributed by atoms with Crippen LogP contribution in [0.5, 0.6) is 0 Å². The summed E-state index contributed by atoms with van der Waals surface area (Å²) in [4.78, 5) is 0. The lowest BCUT2D eigenvalue weighted by Gasteiger charge is -2.21. The summed E-state index contributed by atoms with van der Waals surface area (Å²) in [5, 5.41) is 20.3. The number of nitrogens with zero attached hydrogens (tertiary/aromatic N) is 2. The van der Waals surface area contributed by atoms with Gasteiger partial charge in [-0.25, -0.2) is 17.2 Å². The summed E-state index contributed by atoms with van der Waals surface area (Å²) in [5.41, 5.74) is 4.09. The Kier molecular flexibility index (Phi) is 12.3. The van der Waals surface area contributed by atoms with Crippen LogP contribution in [0.25, 0.3) is 22.3 Å². The maximum atomic E-state index is 13.9. The maximum absolute atomic E-state index is 13.9. The van der Waals surface area contributed by atoms with E-state index in [4.69, 9.17) is 31.6 Å². The zero-order valence-electron chi connectivity index (χ0n) is 26.4. The van der Waals surface area contributed by atoms with Crippen LogP contribution < -0.4 is 0 Å². The molecule has 0 saturated carbocycles. The van der Waals surface area contributed by atoms with E-state index in [-0.39, 0.29) is 24.3 Å². The van der Waals surface area contributed by atoms with Crippen LogP contribution in [-0.4, -0.2) is 70.5 Å². The molecule has 4 aromatic carbocycles. The first-order valence-corrected chi connectivity index (χ1v) is 18.3. The molecular formula is C32H32B2Cl2F2N2O7S2. The van der Waals surface area contributed by atoms with Crippen molar-refractivity contribution in [3.63, 3.8) is 0 Å². The molecule has 0 radical (unpaired) electrons. The number of rotatable bonds is 8. The van der Waals surface area contributed by atoms with E-state index in [0.29, 0.717) is 46.2 Å². The lowest BCUT2D eigenvalue weighted by atomic mass is 9.86. The number of hydrogen-bond donors (Lipinski definition) is 2.